The number of β-amino-alcohol motifs (C(OH)–C–C–N with tert-alkyl or cyclic N) is 1. The standard InChI is InChI=1S/C19H33NO3/c21-18(13-20-2-5-22-6-3-20)14-23-4-1-19-10-15-7-16(11-19)9-17(8-15)12-19/h15-18,21H,1-14H2/t15?,16?,17?,18-,19?/m1/s1. The molecule has 5 aliphatic rings. The molecule has 5 fully saturated rings. The lowest BCUT2D eigenvalue weighted by Gasteiger charge is -2.57. The summed E-state index contributed by atoms with van der Waals surface area (Å²) in [7, 11) is 0. The van der Waals surface area contributed by atoms with E-state index >= 15 is 0 Å². The topological polar surface area (TPSA) is 41.9 Å². The van der Waals surface area contributed by atoms with E-state index in [1.54, 1.807) is 0 Å². The van der Waals surface area contributed by atoms with Crippen molar-refractivity contribution in [2.24, 2.45) is 23.2 Å². The molecule has 4 nitrogen and oxygen atoms in total. The van der Waals surface area contributed by atoms with Crippen LogP contribution in [0.5, 0.6) is 0 Å². The van der Waals surface area contributed by atoms with Crippen molar-refractivity contribution in [1.82, 2.24) is 4.90 Å². The predicted molar refractivity (Wildman–Crippen MR) is 89.3 cm³/mol. The molecule has 0 amide bonds. The van der Waals surface area contributed by atoms with Gasteiger partial charge in [0.25, 0.3) is 0 Å². The fraction of sp³-hybridized carbons (Fsp3) is 1.00. The first-order chi connectivity index (χ1) is 11.2. The van der Waals surface area contributed by atoms with E-state index in [9.17, 15) is 5.11 Å². The number of ether oxygens (including phenoxy) is 2. The molecule has 132 valence electrons. The van der Waals surface area contributed by atoms with Gasteiger partial charge < -0.3 is 14.6 Å². The minimum absolute atomic E-state index is 0.357. The Labute approximate surface area is 140 Å². The molecule has 0 unspecified atom stereocenters. The number of aliphatic hydroxyl groups excluding tert-OH is 1. The fourth-order valence-electron chi connectivity index (χ4n) is 6.24. The van der Waals surface area contributed by atoms with Gasteiger partial charge in [-0.15, -0.1) is 0 Å². The second kappa shape index (κ2) is 6.99. The van der Waals surface area contributed by atoms with Gasteiger partial charge in [-0.3, -0.25) is 4.90 Å². The SMILES string of the molecule is O[C@@H](COCCC12CC3CC(CC(C3)C1)C2)CN1CCOCC1. The van der Waals surface area contributed by atoms with Crippen LogP contribution in [0.2, 0.25) is 0 Å². The van der Waals surface area contributed by atoms with Crippen molar-refractivity contribution in [1.29, 1.82) is 0 Å². The third-order valence-corrected chi connectivity index (χ3v) is 6.82. The normalized spacial score (nSPS) is 41.3. The highest BCUT2D eigenvalue weighted by Crippen LogP contribution is 2.61. The second-order valence-corrected chi connectivity index (χ2v) is 8.81. The summed E-state index contributed by atoms with van der Waals surface area (Å²) in [5, 5.41) is 10.2. The van der Waals surface area contributed by atoms with Gasteiger partial charge in [0.1, 0.15) is 0 Å². The predicted octanol–water partition coefficient (Wildman–Crippen LogP) is 2.30. The Hall–Kier alpha value is -0.160. The van der Waals surface area contributed by atoms with Gasteiger partial charge in [0.05, 0.1) is 25.9 Å². The first kappa shape index (κ1) is 16.3. The summed E-state index contributed by atoms with van der Waals surface area (Å²) < 4.78 is 11.2. The molecule has 1 heterocycles. The van der Waals surface area contributed by atoms with Gasteiger partial charge in [0.15, 0.2) is 0 Å². The van der Waals surface area contributed by atoms with Crippen LogP contribution in [0.3, 0.4) is 0 Å². The van der Waals surface area contributed by atoms with E-state index in [0.29, 0.717) is 12.0 Å². The Kier molecular flexibility index (Phi) is 4.96. The van der Waals surface area contributed by atoms with Gasteiger partial charge in [0.2, 0.25) is 0 Å². The van der Waals surface area contributed by atoms with Crippen LogP contribution in [0.1, 0.15) is 44.9 Å². The highest BCUT2D eigenvalue weighted by molar-refractivity contribution is 5.01. The summed E-state index contributed by atoms with van der Waals surface area (Å²) in [5.41, 5.74) is 0.601. The molecule has 0 aromatic heterocycles. The van der Waals surface area contributed by atoms with Crippen molar-refractivity contribution in [2.45, 2.75) is 51.0 Å². The Balaban J connectivity index is 1.16. The summed E-state index contributed by atoms with van der Waals surface area (Å²) in [4.78, 5) is 2.27. The Morgan fingerprint density at radius 1 is 1.04 bits per heavy atom. The lowest BCUT2D eigenvalue weighted by molar-refractivity contribution is -0.0751. The number of morpholine rings is 1. The van der Waals surface area contributed by atoms with Crippen molar-refractivity contribution in [3.63, 3.8) is 0 Å². The van der Waals surface area contributed by atoms with Crippen LogP contribution in [-0.4, -0.2) is 62.2 Å². The smallest absolute Gasteiger partial charge is 0.0900 e. The molecule has 0 aromatic rings. The Morgan fingerprint density at radius 2 is 1.65 bits per heavy atom. The van der Waals surface area contributed by atoms with Crippen LogP contribution < -0.4 is 0 Å². The van der Waals surface area contributed by atoms with Gasteiger partial charge in [-0.25, -0.2) is 0 Å². The molecule has 0 radical (unpaired) electrons. The first-order valence-electron chi connectivity index (χ1n) is 9.77. The number of rotatable bonds is 7. The largest absolute Gasteiger partial charge is 0.389 e. The molecule has 4 heteroatoms. The second-order valence-electron chi connectivity index (χ2n) is 8.81. The first-order valence-corrected chi connectivity index (χ1v) is 9.77. The quantitative estimate of drug-likeness (QED) is 0.730. The Morgan fingerprint density at radius 3 is 2.26 bits per heavy atom. The average Bonchev–Trinajstić information content (AvgIpc) is 2.51. The molecule has 23 heavy (non-hydrogen) atoms. The summed E-state index contributed by atoms with van der Waals surface area (Å²) in [6.45, 7) is 5.50. The van der Waals surface area contributed by atoms with E-state index in [0.717, 1.165) is 57.2 Å². The van der Waals surface area contributed by atoms with Crippen molar-refractivity contribution >= 4 is 0 Å². The monoisotopic (exact) mass is 323 g/mol. The number of hydrogen-bond acceptors (Lipinski definition) is 4. The molecule has 5 rings (SSSR count). The van der Waals surface area contributed by atoms with E-state index in [1.165, 1.54) is 44.9 Å². The lowest BCUT2D eigenvalue weighted by atomic mass is 9.49. The van der Waals surface area contributed by atoms with Gasteiger partial charge in [-0.1, -0.05) is 0 Å². The van der Waals surface area contributed by atoms with E-state index in [2.05, 4.69) is 4.90 Å². The number of aliphatic hydroxyl groups is 1. The van der Waals surface area contributed by atoms with Crippen LogP contribution in [0.4, 0.5) is 0 Å². The number of nitrogens with zero attached hydrogens (tertiary/aromatic N) is 1. The average molecular weight is 323 g/mol. The van der Waals surface area contributed by atoms with Crippen LogP contribution >= 0.6 is 0 Å². The van der Waals surface area contributed by atoms with E-state index in [-0.39, 0.29) is 6.10 Å². The molecular weight excluding hydrogens is 290 g/mol. The minimum atomic E-state index is -0.357. The molecule has 4 saturated carbocycles. The van der Waals surface area contributed by atoms with Gasteiger partial charge in [0, 0.05) is 26.2 Å². The highest BCUT2D eigenvalue weighted by Gasteiger charge is 2.50. The van der Waals surface area contributed by atoms with Crippen molar-refractivity contribution < 1.29 is 14.6 Å². The molecule has 1 N–H and O–H groups in total. The molecular formula is C19H33NO3. The molecule has 1 atom stereocenters. The summed E-state index contributed by atoms with van der Waals surface area (Å²) in [6, 6.07) is 0. The molecule has 1 saturated heterocycles. The van der Waals surface area contributed by atoms with E-state index < -0.39 is 0 Å². The van der Waals surface area contributed by atoms with Crippen LogP contribution in [0.25, 0.3) is 0 Å². The maximum absolute atomic E-state index is 10.2. The van der Waals surface area contributed by atoms with Crippen LogP contribution in [0.15, 0.2) is 0 Å². The van der Waals surface area contributed by atoms with Crippen molar-refractivity contribution in [3.05, 3.63) is 0 Å². The zero-order chi connectivity index (χ0) is 15.7. The van der Waals surface area contributed by atoms with Gasteiger partial charge in [-0.2, -0.15) is 0 Å². The van der Waals surface area contributed by atoms with E-state index in [4.69, 9.17) is 9.47 Å². The lowest BCUT2D eigenvalue weighted by Crippen LogP contribution is -2.46. The van der Waals surface area contributed by atoms with Gasteiger partial charge in [-0.05, 0) is 68.1 Å². The fourth-order valence-corrected chi connectivity index (χ4v) is 6.24. The third kappa shape index (κ3) is 3.92. The maximum atomic E-state index is 10.2. The van der Waals surface area contributed by atoms with Crippen molar-refractivity contribution in [2.75, 3.05) is 46.1 Å². The molecule has 4 aliphatic carbocycles. The molecule has 1 aliphatic heterocycles. The third-order valence-electron chi connectivity index (χ3n) is 6.82. The zero-order valence-electron chi connectivity index (χ0n) is 14.4. The summed E-state index contributed by atoms with van der Waals surface area (Å²) >= 11 is 0. The van der Waals surface area contributed by atoms with E-state index in [1.807, 2.05) is 0 Å². The number of hydrogen-bond donors (Lipinski definition) is 1. The maximum Gasteiger partial charge on any atom is 0.0900 e. The van der Waals surface area contributed by atoms with Gasteiger partial charge >= 0.3 is 0 Å². The Bertz CT molecular complexity index is 359. The zero-order valence-corrected chi connectivity index (χ0v) is 14.4. The van der Waals surface area contributed by atoms with Crippen molar-refractivity contribution in [3.8, 4) is 0 Å². The minimum Gasteiger partial charge on any atom is -0.389 e. The molecule has 0 spiro atoms. The van der Waals surface area contributed by atoms with Crippen LogP contribution in [0, 0.1) is 23.2 Å². The molecule has 0 aromatic carbocycles. The van der Waals surface area contributed by atoms with Crippen LogP contribution in [-0.2, 0) is 9.47 Å². The summed E-state index contributed by atoms with van der Waals surface area (Å²) in [6.07, 6.45) is 9.77. The summed E-state index contributed by atoms with van der Waals surface area (Å²) in [5.74, 6) is 3.06. The molecule has 4 bridgehead atoms. The highest BCUT2D eigenvalue weighted by atomic mass is 16.5.